The van der Waals surface area contributed by atoms with Crippen LogP contribution in [0.4, 0.5) is 0 Å². The van der Waals surface area contributed by atoms with Crippen molar-refractivity contribution in [3.8, 4) is 17.0 Å². The summed E-state index contributed by atoms with van der Waals surface area (Å²) in [5.74, 6) is 0.856. The maximum atomic E-state index is 5.37. The van der Waals surface area contributed by atoms with E-state index < -0.39 is 0 Å². The number of hydrogen-bond donors (Lipinski definition) is 0. The molecule has 0 saturated carbocycles. The standard InChI is InChI=1S/C12H13BrN2O/c1-8-4-5-10(16-3)9(6-8)11-12(13)14-7-15(11)2/h4-7H,1-3H3. The van der Waals surface area contributed by atoms with Gasteiger partial charge in [-0.15, -0.1) is 0 Å². The average Bonchev–Trinajstić information content (AvgIpc) is 2.58. The zero-order chi connectivity index (χ0) is 11.7. The van der Waals surface area contributed by atoms with Crippen molar-refractivity contribution < 1.29 is 4.74 Å². The van der Waals surface area contributed by atoms with E-state index in [2.05, 4.69) is 33.9 Å². The summed E-state index contributed by atoms with van der Waals surface area (Å²) in [6, 6.07) is 6.11. The predicted octanol–water partition coefficient (Wildman–Crippen LogP) is 3.17. The summed E-state index contributed by atoms with van der Waals surface area (Å²) in [5, 5.41) is 0. The number of imidazole rings is 1. The number of rotatable bonds is 2. The third-order valence-electron chi connectivity index (χ3n) is 2.50. The topological polar surface area (TPSA) is 27.1 Å². The number of halogens is 1. The second-order valence-electron chi connectivity index (χ2n) is 3.70. The normalized spacial score (nSPS) is 10.5. The van der Waals surface area contributed by atoms with Crippen LogP contribution in [0.2, 0.25) is 0 Å². The van der Waals surface area contributed by atoms with Gasteiger partial charge in [-0.25, -0.2) is 4.98 Å². The summed E-state index contributed by atoms with van der Waals surface area (Å²) in [7, 11) is 3.65. The summed E-state index contributed by atoms with van der Waals surface area (Å²) < 4.78 is 8.18. The van der Waals surface area contributed by atoms with Crippen LogP contribution >= 0.6 is 15.9 Å². The number of methoxy groups -OCH3 is 1. The van der Waals surface area contributed by atoms with Crippen LogP contribution in [0.3, 0.4) is 0 Å². The number of aromatic nitrogens is 2. The Morgan fingerprint density at radius 1 is 1.38 bits per heavy atom. The highest BCUT2D eigenvalue weighted by Crippen LogP contribution is 2.34. The van der Waals surface area contributed by atoms with Gasteiger partial charge < -0.3 is 9.30 Å². The molecule has 0 atom stereocenters. The van der Waals surface area contributed by atoms with Crippen molar-refractivity contribution in [1.29, 1.82) is 0 Å². The molecule has 1 aromatic carbocycles. The lowest BCUT2D eigenvalue weighted by molar-refractivity contribution is 0.416. The van der Waals surface area contributed by atoms with Crippen molar-refractivity contribution in [1.82, 2.24) is 9.55 Å². The monoisotopic (exact) mass is 280 g/mol. The fraction of sp³-hybridized carbons (Fsp3) is 0.250. The zero-order valence-electron chi connectivity index (χ0n) is 9.49. The molecule has 0 amide bonds. The zero-order valence-corrected chi connectivity index (χ0v) is 11.1. The molecule has 0 unspecified atom stereocenters. The summed E-state index contributed by atoms with van der Waals surface area (Å²) in [6.45, 7) is 2.06. The molecule has 0 spiro atoms. The number of nitrogens with zero attached hydrogens (tertiary/aromatic N) is 2. The van der Waals surface area contributed by atoms with Gasteiger partial charge in [-0.05, 0) is 35.0 Å². The average molecular weight is 281 g/mol. The molecule has 2 aromatic rings. The second-order valence-corrected chi connectivity index (χ2v) is 4.45. The maximum absolute atomic E-state index is 5.37. The van der Waals surface area contributed by atoms with Crippen LogP contribution in [0.1, 0.15) is 5.56 Å². The van der Waals surface area contributed by atoms with Crippen molar-refractivity contribution in [3.63, 3.8) is 0 Å². The molecule has 1 heterocycles. The summed E-state index contributed by atoms with van der Waals surface area (Å²) in [5.41, 5.74) is 3.28. The first kappa shape index (κ1) is 11.2. The Kier molecular flexibility index (Phi) is 3.01. The predicted molar refractivity (Wildman–Crippen MR) is 67.6 cm³/mol. The summed E-state index contributed by atoms with van der Waals surface area (Å²) in [6.07, 6.45) is 1.78. The highest BCUT2D eigenvalue weighted by Gasteiger charge is 2.13. The van der Waals surface area contributed by atoms with E-state index in [1.54, 1.807) is 13.4 Å². The second kappa shape index (κ2) is 4.29. The third-order valence-corrected chi connectivity index (χ3v) is 3.08. The Bertz CT molecular complexity index is 500. The minimum atomic E-state index is 0.832. The molecule has 0 N–H and O–H groups in total. The number of benzene rings is 1. The SMILES string of the molecule is COc1ccc(C)cc1-c1c(Br)ncn1C. The molecule has 4 heteroatoms. The van der Waals surface area contributed by atoms with Crippen molar-refractivity contribution in [2.24, 2.45) is 7.05 Å². The molecule has 0 aliphatic heterocycles. The van der Waals surface area contributed by atoms with E-state index in [0.717, 1.165) is 21.6 Å². The van der Waals surface area contributed by atoms with Crippen LogP contribution in [0.15, 0.2) is 29.1 Å². The van der Waals surface area contributed by atoms with Crippen molar-refractivity contribution in [2.75, 3.05) is 7.11 Å². The Morgan fingerprint density at radius 3 is 2.69 bits per heavy atom. The lowest BCUT2D eigenvalue weighted by atomic mass is 10.1. The molecule has 2 rings (SSSR count). The molecule has 1 aromatic heterocycles. The largest absolute Gasteiger partial charge is 0.496 e. The Balaban J connectivity index is 2.67. The molecule has 84 valence electrons. The van der Waals surface area contributed by atoms with E-state index in [0.29, 0.717) is 0 Å². The van der Waals surface area contributed by atoms with E-state index >= 15 is 0 Å². The number of aryl methyl sites for hydroxylation is 2. The molecular weight excluding hydrogens is 268 g/mol. The lowest BCUT2D eigenvalue weighted by Crippen LogP contribution is -1.94. The van der Waals surface area contributed by atoms with E-state index in [-0.39, 0.29) is 0 Å². The molecule has 3 nitrogen and oxygen atoms in total. The summed E-state index contributed by atoms with van der Waals surface area (Å²) >= 11 is 3.45. The van der Waals surface area contributed by atoms with Crippen LogP contribution in [0.5, 0.6) is 5.75 Å². The van der Waals surface area contributed by atoms with Gasteiger partial charge in [-0.1, -0.05) is 11.6 Å². The van der Waals surface area contributed by atoms with Gasteiger partial charge in [0.05, 0.1) is 19.1 Å². The Morgan fingerprint density at radius 2 is 2.12 bits per heavy atom. The van der Waals surface area contributed by atoms with Gasteiger partial charge in [0, 0.05) is 12.6 Å². The molecule has 16 heavy (non-hydrogen) atoms. The first-order valence-electron chi connectivity index (χ1n) is 4.95. The van der Waals surface area contributed by atoms with E-state index in [9.17, 15) is 0 Å². The minimum Gasteiger partial charge on any atom is -0.496 e. The van der Waals surface area contributed by atoms with Gasteiger partial charge in [-0.2, -0.15) is 0 Å². The molecule has 0 fully saturated rings. The van der Waals surface area contributed by atoms with E-state index in [4.69, 9.17) is 4.74 Å². The van der Waals surface area contributed by atoms with E-state index in [1.807, 2.05) is 23.7 Å². The quantitative estimate of drug-likeness (QED) is 0.845. The minimum absolute atomic E-state index is 0.832. The number of hydrogen-bond acceptors (Lipinski definition) is 2. The van der Waals surface area contributed by atoms with E-state index in [1.165, 1.54) is 5.56 Å². The van der Waals surface area contributed by atoms with Crippen LogP contribution in [0, 0.1) is 6.92 Å². The first-order valence-corrected chi connectivity index (χ1v) is 5.74. The van der Waals surface area contributed by atoms with Gasteiger partial charge in [-0.3, -0.25) is 0 Å². The fourth-order valence-electron chi connectivity index (χ4n) is 1.71. The number of ether oxygens (including phenoxy) is 1. The van der Waals surface area contributed by atoms with Crippen molar-refractivity contribution >= 4 is 15.9 Å². The molecule has 0 aliphatic rings. The molecule has 0 radical (unpaired) electrons. The molecule has 0 aliphatic carbocycles. The molecule has 0 saturated heterocycles. The highest BCUT2D eigenvalue weighted by atomic mass is 79.9. The molecular formula is C12H13BrN2O. The van der Waals surface area contributed by atoms with Gasteiger partial charge in [0.25, 0.3) is 0 Å². The first-order chi connectivity index (χ1) is 7.63. The fourth-order valence-corrected chi connectivity index (χ4v) is 2.29. The van der Waals surface area contributed by atoms with Crippen molar-refractivity contribution in [2.45, 2.75) is 6.92 Å². The van der Waals surface area contributed by atoms with Crippen molar-refractivity contribution in [3.05, 3.63) is 34.7 Å². The van der Waals surface area contributed by atoms with Gasteiger partial charge >= 0.3 is 0 Å². The third kappa shape index (κ3) is 1.85. The van der Waals surface area contributed by atoms with Gasteiger partial charge in [0.1, 0.15) is 10.4 Å². The van der Waals surface area contributed by atoms with Crippen LogP contribution in [-0.4, -0.2) is 16.7 Å². The smallest absolute Gasteiger partial charge is 0.132 e. The van der Waals surface area contributed by atoms with Gasteiger partial charge in [0.15, 0.2) is 0 Å². The Hall–Kier alpha value is -1.29. The van der Waals surface area contributed by atoms with Crippen LogP contribution in [0.25, 0.3) is 11.3 Å². The van der Waals surface area contributed by atoms with Gasteiger partial charge in [0.2, 0.25) is 0 Å². The molecule has 0 bridgehead atoms. The van der Waals surface area contributed by atoms with Crippen LogP contribution in [-0.2, 0) is 7.05 Å². The maximum Gasteiger partial charge on any atom is 0.132 e. The highest BCUT2D eigenvalue weighted by molar-refractivity contribution is 9.10. The lowest BCUT2D eigenvalue weighted by Gasteiger charge is -2.10. The summed E-state index contributed by atoms with van der Waals surface area (Å²) in [4.78, 5) is 4.22. The Labute approximate surface area is 103 Å². The van der Waals surface area contributed by atoms with Crippen LogP contribution < -0.4 is 4.74 Å².